The number of carbonyl (C=O) groups is 2. The van der Waals surface area contributed by atoms with Gasteiger partial charge in [0.2, 0.25) is 6.41 Å². The Bertz CT molecular complexity index is 1650. The Morgan fingerprint density at radius 1 is 1.10 bits per heavy atom. The number of ether oxygens (including phenoxy) is 1. The van der Waals surface area contributed by atoms with Gasteiger partial charge in [-0.3, -0.25) is 24.9 Å². The first-order chi connectivity index (χ1) is 24.1. The Balaban J connectivity index is 0.00000153. The number of allylic oxidation sites excluding steroid dienone is 1. The van der Waals surface area contributed by atoms with E-state index in [2.05, 4.69) is 43.4 Å². The lowest BCUT2D eigenvalue weighted by Crippen LogP contribution is -2.47. The molecule has 3 rings (SSSR count). The number of hydrogen-bond acceptors (Lipinski definition) is 7. The quantitative estimate of drug-likeness (QED) is 0.0420. The molecule has 52 heavy (non-hydrogen) atoms. The molecule has 286 valence electrons. The van der Waals surface area contributed by atoms with E-state index in [0.29, 0.717) is 24.2 Å². The van der Waals surface area contributed by atoms with Crippen molar-refractivity contribution in [1.82, 2.24) is 10.0 Å². The van der Waals surface area contributed by atoms with E-state index in [9.17, 15) is 26.8 Å². The number of rotatable bonds is 12. The van der Waals surface area contributed by atoms with Gasteiger partial charge in [-0.05, 0) is 53.6 Å². The van der Waals surface area contributed by atoms with Crippen LogP contribution in [0.5, 0.6) is 0 Å². The number of guanidine groups is 1. The van der Waals surface area contributed by atoms with Crippen LogP contribution in [0, 0.1) is 22.1 Å². The molecule has 2 aromatic carbocycles. The van der Waals surface area contributed by atoms with E-state index < -0.39 is 54.5 Å². The summed E-state index contributed by atoms with van der Waals surface area (Å²) in [5, 5.41) is 14.3. The molecule has 2 amide bonds. The van der Waals surface area contributed by atoms with Gasteiger partial charge < -0.3 is 27.3 Å². The minimum absolute atomic E-state index is 0.0665. The van der Waals surface area contributed by atoms with Gasteiger partial charge in [-0.15, -0.1) is 0 Å². The average Bonchev–Trinajstić information content (AvgIpc) is 3.86. The minimum atomic E-state index is -4.72. The molecule has 0 radical (unpaired) electrons. The molecular formula is C33H42ClF6N9O3. The molecule has 0 bridgehead atoms. The van der Waals surface area contributed by atoms with E-state index in [1.54, 1.807) is 0 Å². The average molecular weight is 762 g/mol. The standard InChI is InChI=1S/C27H27ClF6N8O2.C5H12.CH3NO/c1-39-25(38)42(24(43)18-4-2-15(9-21(18)30)17(10-35)11-41(34)13-29)22(12-44-26(6-7-26)27(31,32)33)16-3-5-20(28)19(8-16)23(37)40-14-36;1-5(2,3)4;2-1-3/h2-5,8-11,14,22,35H,6-7,12-13H2,1H3,(H2,38,39)(H3,36,37,40);1-4H3;1H,(H2,2,3)/b17-11+,35-10?;;. The number of nitrogens with zero attached hydrogens (tertiary/aromatic N) is 4. The predicted molar refractivity (Wildman–Crippen MR) is 189 cm³/mol. The second-order valence-corrected chi connectivity index (χ2v) is 12.9. The van der Waals surface area contributed by atoms with Crippen LogP contribution >= 0.6 is 11.6 Å². The van der Waals surface area contributed by atoms with Crippen LogP contribution in [0.25, 0.3) is 5.57 Å². The number of hydrogen-bond donors (Lipinski definition) is 5. The highest BCUT2D eigenvalue weighted by Crippen LogP contribution is 2.52. The molecule has 1 atom stereocenters. The Kier molecular flexibility index (Phi) is 17.0. The van der Waals surface area contributed by atoms with Gasteiger partial charge >= 0.3 is 6.18 Å². The summed E-state index contributed by atoms with van der Waals surface area (Å²) >= 11 is 6.23. The first-order valence-corrected chi connectivity index (χ1v) is 15.6. The van der Waals surface area contributed by atoms with Crippen molar-refractivity contribution in [3.05, 3.63) is 75.7 Å². The fourth-order valence-corrected chi connectivity index (χ4v) is 4.37. The maximum absolute atomic E-state index is 15.4. The first kappa shape index (κ1) is 45.1. The van der Waals surface area contributed by atoms with Crippen molar-refractivity contribution in [3.63, 3.8) is 0 Å². The van der Waals surface area contributed by atoms with Gasteiger partial charge in [0.05, 0.1) is 23.2 Å². The number of nitrogens with one attached hydrogen (secondary N) is 2. The van der Waals surface area contributed by atoms with Crippen LogP contribution < -0.4 is 17.2 Å². The van der Waals surface area contributed by atoms with Gasteiger partial charge in [0.1, 0.15) is 18.0 Å². The number of alkyl halides is 4. The maximum Gasteiger partial charge on any atom is 0.417 e. The molecule has 0 saturated heterocycles. The minimum Gasteiger partial charge on any atom is -0.383 e. The molecule has 8 N–H and O–H groups in total. The Morgan fingerprint density at radius 2 is 1.67 bits per heavy atom. The Labute approximate surface area is 302 Å². The summed E-state index contributed by atoms with van der Waals surface area (Å²) < 4.78 is 88.0. The third-order valence-electron chi connectivity index (χ3n) is 6.68. The number of benzene rings is 2. The monoisotopic (exact) mass is 761 g/mol. The second-order valence-electron chi connectivity index (χ2n) is 12.5. The van der Waals surface area contributed by atoms with E-state index >= 15 is 4.39 Å². The zero-order valence-corrected chi connectivity index (χ0v) is 29.8. The summed E-state index contributed by atoms with van der Waals surface area (Å²) in [6, 6.07) is 5.48. The lowest BCUT2D eigenvalue weighted by Gasteiger charge is -2.33. The van der Waals surface area contributed by atoms with Crippen molar-refractivity contribution in [2.24, 2.45) is 32.6 Å². The SMILES string of the molecule is CC(C)(C)C.CN=C(N)N(C(=O)c1ccc(/C(C=N)=C/N(F)CF)cc1F)C(COC1(C(F)(F)F)CC1)c1ccc(Cl)c(C(N)=NC=N)c1.NC=O. The fraction of sp³-hybridized carbons (Fsp3) is 0.394. The predicted octanol–water partition coefficient (Wildman–Crippen LogP) is 6.29. The van der Waals surface area contributed by atoms with Crippen LogP contribution in [0.15, 0.2) is 52.6 Å². The van der Waals surface area contributed by atoms with Crippen LogP contribution in [0.1, 0.15) is 73.6 Å². The van der Waals surface area contributed by atoms with Crippen molar-refractivity contribution >= 4 is 53.8 Å². The van der Waals surface area contributed by atoms with Gasteiger partial charge in [0.25, 0.3) is 5.91 Å². The summed E-state index contributed by atoms with van der Waals surface area (Å²) in [5.74, 6) is -3.05. The van der Waals surface area contributed by atoms with Crippen LogP contribution in [0.3, 0.4) is 0 Å². The molecule has 1 aliphatic rings. The van der Waals surface area contributed by atoms with Gasteiger partial charge in [0.15, 0.2) is 18.4 Å². The van der Waals surface area contributed by atoms with E-state index in [0.717, 1.165) is 23.1 Å². The number of aliphatic imine (C=N–C) groups is 2. The summed E-state index contributed by atoms with van der Waals surface area (Å²) in [5.41, 5.74) is 13.4. The third kappa shape index (κ3) is 13.0. The van der Waals surface area contributed by atoms with E-state index in [-0.39, 0.29) is 57.5 Å². The molecule has 1 fully saturated rings. The van der Waals surface area contributed by atoms with Gasteiger partial charge in [0, 0.05) is 30.6 Å². The smallest absolute Gasteiger partial charge is 0.383 e. The number of nitrogens with two attached hydrogens (primary N) is 3. The Morgan fingerprint density at radius 3 is 2.12 bits per heavy atom. The van der Waals surface area contributed by atoms with Crippen molar-refractivity contribution < 1.29 is 40.8 Å². The largest absolute Gasteiger partial charge is 0.417 e. The van der Waals surface area contributed by atoms with Gasteiger partial charge in [-0.25, -0.2) is 13.8 Å². The van der Waals surface area contributed by atoms with Crippen molar-refractivity contribution in [2.45, 2.75) is 58.4 Å². The molecular weight excluding hydrogens is 720 g/mol. The molecule has 1 unspecified atom stereocenters. The molecule has 1 saturated carbocycles. The topological polar surface area (TPSA) is 200 Å². The summed E-state index contributed by atoms with van der Waals surface area (Å²) in [4.78, 5) is 30.6. The van der Waals surface area contributed by atoms with Crippen molar-refractivity contribution in [1.29, 1.82) is 10.8 Å². The zero-order valence-electron chi connectivity index (χ0n) is 29.1. The second kappa shape index (κ2) is 19.6. The number of amidine groups is 1. The lowest BCUT2D eigenvalue weighted by molar-refractivity contribution is -0.238. The lowest BCUT2D eigenvalue weighted by atomic mass is 10.00. The van der Waals surface area contributed by atoms with Crippen molar-refractivity contribution in [3.8, 4) is 0 Å². The molecule has 1 aliphatic carbocycles. The summed E-state index contributed by atoms with van der Waals surface area (Å²) in [6.45, 7) is 6.44. The molecule has 2 aromatic rings. The number of halogens is 7. The van der Waals surface area contributed by atoms with Crippen LogP contribution in [0.4, 0.5) is 26.4 Å². The Hall–Kier alpha value is -4.97. The molecule has 12 nitrogen and oxygen atoms in total. The van der Waals surface area contributed by atoms with Crippen LogP contribution in [0.2, 0.25) is 5.02 Å². The highest BCUT2D eigenvalue weighted by molar-refractivity contribution is 6.34. The highest BCUT2D eigenvalue weighted by Gasteiger charge is 2.65. The number of amides is 2. The van der Waals surface area contributed by atoms with E-state index in [4.69, 9.17) is 43.4 Å². The fourth-order valence-electron chi connectivity index (χ4n) is 4.16. The highest BCUT2D eigenvalue weighted by atomic mass is 35.5. The van der Waals surface area contributed by atoms with Crippen molar-refractivity contribution in [2.75, 3.05) is 20.5 Å². The molecule has 19 heteroatoms. The third-order valence-corrected chi connectivity index (χ3v) is 7.01. The molecule has 0 aromatic heterocycles. The van der Waals surface area contributed by atoms with E-state index in [1.165, 1.54) is 25.2 Å². The first-order valence-electron chi connectivity index (χ1n) is 15.2. The van der Waals surface area contributed by atoms with Crippen LogP contribution in [-0.2, 0) is 9.53 Å². The summed E-state index contributed by atoms with van der Waals surface area (Å²) in [6.07, 6.45) is -3.23. The summed E-state index contributed by atoms with van der Waals surface area (Å²) in [7, 11) is 1.20. The normalized spacial score (nSPS) is 14.8. The zero-order chi connectivity index (χ0) is 40.0. The molecule has 0 heterocycles. The molecule has 0 aliphatic heterocycles. The molecule has 0 spiro atoms. The number of carbonyl (C=O) groups excluding carboxylic acids is 2. The van der Waals surface area contributed by atoms with Crippen LogP contribution in [-0.4, -0.2) is 78.9 Å². The van der Waals surface area contributed by atoms with Gasteiger partial charge in [-0.2, -0.15) is 18.3 Å². The number of primary amides is 1. The van der Waals surface area contributed by atoms with Gasteiger partial charge in [-0.1, -0.05) is 55.9 Å². The maximum atomic E-state index is 15.4. The van der Waals surface area contributed by atoms with E-state index in [1.807, 2.05) is 0 Å².